The Hall–Kier alpha value is -2.89. The van der Waals surface area contributed by atoms with Crippen molar-refractivity contribution in [3.63, 3.8) is 0 Å². The number of nitrogens with one attached hydrogen (secondary N) is 1. The molecule has 0 radical (unpaired) electrons. The summed E-state index contributed by atoms with van der Waals surface area (Å²) in [5, 5.41) is 2.68. The molecule has 1 aromatic carbocycles. The molecule has 0 atom stereocenters. The van der Waals surface area contributed by atoms with Crippen LogP contribution in [0.4, 0.5) is 10.1 Å². The molecule has 2 heterocycles. The van der Waals surface area contributed by atoms with Crippen LogP contribution in [0.5, 0.6) is 0 Å². The number of amides is 2. The number of nitrogens with zero attached hydrogens (tertiary/aromatic N) is 1. The highest BCUT2D eigenvalue weighted by Crippen LogP contribution is 2.33. The fraction of sp³-hybridized carbons (Fsp3) is 0.125. The van der Waals surface area contributed by atoms with E-state index in [4.69, 9.17) is 5.73 Å². The molecule has 0 bridgehead atoms. The molecule has 1 aliphatic heterocycles. The van der Waals surface area contributed by atoms with Crippen LogP contribution in [0.15, 0.2) is 24.4 Å². The van der Waals surface area contributed by atoms with E-state index in [1.807, 2.05) is 0 Å². The van der Waals surface area contributed by atoms with Crippen molar-refractivity contribution in [1.82, 2.24) is 4.57 Å². The number of fused-ring (bicyclic) bond motifs is 1. The lowest BCUT2D eigenvalue weighted by Crippen LogP contribution is -2.13. The first-order chi connectivity index (χ1) is 10.4. The molecule has 1 aliphatic rings. The summed E-state index contributed by atoms with van der Waals surface area (Å²) in [6.45, 7) is 3.51. The van der Waals surface area contributed by atoms with E-state index in [1.54, 1.807) is 30.8 Å². The Bertz CT molecular complexity index is 849. The van der Waals surface area contributed by atoms with Gasteiger partial charge in [-0.05, 0) is 37.6 Å². The van der Waals surface area contributed by atoms with Gasteiger partial charge >= 0.3 is 0 Å². The third kappa shape index (κ3) is 2.09. The second-order valence-electron chi connectivity index (χ2n) is 5.23. The normalized spacial score (nSPS) is 15.0. The zero-order valence-electron chi connectivity index (χ0n) is 12.1. The highest BCUT2D eigenvalue weighted by atomic mass is 19.1. The minimum absolute atomic E-state index is 0.313. The number of rotatable bonds is 2. The predicted molar refractivity (Wildman–Crippen MR) is 81.6 cm³/mol. The second-order valence-corrected chi connectivity index (χ2v) is 5.23. The van der Waals surface area contributed by atoms with E-state index in [9.17, 15) is 14.0 Å². The fourth-order valence-electron chi connectivity index (χ4n) is 2.72. The van der Waals surface area contributed by atoms with E-state index in [0.29, 0.717) is 28.1 Å². The molecule has 2 aromatic rings. The molecule has 112 valence electrons. The summed E-state index contributed by atoms with van der Waals surface area (Å²) in [6.07, 6.45) is 3.29. The van der Waals surface area contributed by atoms with Gasteiger partial charge < -0.3 is 15.6 Å². The molecule has 0 fully saturated rings. The van der Waals surface area contributed by atoms with Crippen LogP contribution in [0.25, 0.3) is 11.8 Å². The summed E-state index contributed by atoms with van der Waals surface area (Å²) >= 11 is 0. The lowest BCUT2D eigenvalue weighted by molar-refractivity contribution is -0.110. The number of halogens is 1. The zero-order chi connectivity index (χ0) is 16.0. The Morgan fingerprint density at radius 2 is 2.09 bits per heavy atom. The number of aromatic nitrogens is 1. The van der Waals surface area contributed by atoms with Crippen LogP contribution in [0, 0.1) is 19.7 Å². The van der Waals surface area contributed by atoms with Crippen molar-refractivity contribution in [3.05, 3.63) is 52.6 Å². The first-order valence-corrected chi connectivity index (χ1v) is 6.69. The summed E-state index contributed by atoms with van der Waals surface area (Å²) in [5.41, 5.74) is 8.54. The Morgan fingerprint density at radius 3 is 2.73 bits per heavy atom. The van der Waals surface area contributed by atoms with Gasteiger partial charge in [0.2, 0.25) is 0 Å². The summed E-state index contributed by atoms with van der Waals surface area (Å²) in [7, 11) is 0. The van der Waals surface area contributed by atoms with E-state index < -0.39 is 11.7 Å². The third-order valence-electron chi connectivity index (χ3n) is 3.76. The van der Waals surface area contributed by atoms with Crippen LogP contribution in [0.1, 0.15) is 27.2 Å². The number of carbonyl (C=O) groups is 2. The highest BCUT2D eigenvalue weighted by Gasteiger charge is 2.25. The first kappa shape index (κ1) is 14.1. The molecular weight excluding hydrogens is 285 g/mol. The molecule has 5 nitrogen and oxygen atoms in total. The van der Waals surface area contributed by atoms with Gasteiger partial charge in [0.15, 0.2) is 0 Å². The minimum atomic E-state index is -0.519. The molecule has 0 aliphatic carbocycles. The van der Waals surface area contributed by atoms with Gasteiger partial charge in [0.05, 0.1) is 11.1 Å². The van der Waals surface area contributed by atoms with Gasteiger partial charge in [-0.25, -0.2) is 4.39 Å². The lowest BCUT2D eigenvalue weighted by atomic mass is 10.1. The van der Waals surface area contributed by atoms with Crippen molar-refractivity contribution in [2.45, 2.75) is 13.8 Å². The predicted octanol–water partition coefficient (Wildman–Crippen LogP) is 2.29. The molecule has 0 unspecified atom stereocenters. The molecule has 3 N–H and O–H groups in total. The van der Waals surface area contributed by atoms with E-state index in [2.05, 4.69) is 5.32 Å². The molecule has 0 saturated heterocycles. The Morgan fingerprint density at radius 1 is 1.36 bits per heavy atom. The van der Waals surface area contributed by atoms with Crippen LogP contribution in [0.2, 0.25) is 0 Å². The number of hydrogen-bond acceptors (Lipinski definition) is 2. The number of carbonyl (C=O) groups excluding carboxylic acids is 2. The summed E-state index contributed by atoms with van der Waals surface area (Å²) in [5.74, 6) is -1.25. The van der Waals surface area contributed by atoms with E-state index >= 15 is 0 Å². The van der Waals surface area contributed by atoms with Crippen LogP contribution >= 0.6 is 0 Å². The summed E-state index contributed by atoms with van der Waals surface area (Å²) in [4.78, 5) is 23.5. The van der Waals surface area contributed by atoms with E-state index in [-0.39, 0.29) is 5.91 Å². The first-order valence-electron chi connectivity index (χ1n) is 6.69. The molecule has 22 heavy (non-hydrogen) atoms. The van der Waals surface area contributed by atoms with Crippen molar-refractivity contribution in [1.29, 1.82) is 0 Å². The van der Waals surface area contributed by atoms with Crippen LogP contribution in [-0.2, 0) is 4.79 Å². The van der Waals surface area contributed by atoms with Gasteiger partial charge in [-0.2, -0.15) is 0 Å². The van der Waals surface area contributed by atoms with Gasteiger partial charge in [-0.3, -0.25) is 9.59 Å². The monoisotopic (exact) mass is 299 g/mol. The third-order valence-corrected chi connectivity index (χ3v) is 3.76. The summed E-state index contributed by atoms with van der Waals surface area (Å²) in [6, 6.07) is 4.12. The molecule has 6 heteroatoms. The minimum Gasteiger partial charge on any atom is -0.366 e. The average Bonchev–Trinajstić information content (AvgIpc) is 2.88. The maximum Gasteiger partial charge on any atom is 0.257 e. The number of nitrogens with two attached hydrogens (primary N) is 1. The standard InChI is InChI=1S/C16H14FN3O2/c1-8-6-20(9(2)14(8)15(18)21)7-12-11-5-10(17)3-4-13(11)19-16(12)22/h3-7H,1-2H3,(H2,18,21)(H,19,22). The van der Waals surface area contributed by atoms with Gasteiger partial charge in [0.25, 0.3) is 11.8 Å². The number of primary amides is 1. The van der Waals surface area contributed by atoms with Crippen molar-refractivity contribution < 1.29 is 14.0 Å². The Labute approximate surface area is 126 Å². The van der Waals surface area contributed by atoms with Gasteiger partial charge in [0.1, 0.15) is 5.82 Å². The molecule has 1 aromatic heterocycles. The summed E-state index contributed by atoms with van der Waals surface area (Å²) < 4.78 is 15.1. The molecule has 2 amide bonds. The van der Waals surface area contributed by atoms with Gasteiger partial charge in [-0.1, -0.05) is 0 Å². The van der Waals surface area contributed by atoms with Gasteiger partial charge in [0, 0.05) is 29.3 Å². The maximum absolute atomic E-state index is 13.4. The lowest BCUT2D eigenvalue weighted by Gasteiger charge is -2.03. The topological polar surface area (TPSA) is 77.1 Å². The smallest absolute Gasteiger partial charge is 0.257 e. The number of benzene rings is 1. The number of hydrogen-bond donors (Lipinski definition) is 2. The Kier molecular flexibility index (Phi) is 3.09. The van der Waals surface area contributed by atoms with Crippen molar-refractivity contribution in [3.8, 4) is 0 Å². The average molecular weight is 299 g/mol. The number of anilines is 1. The molecule has 3 rings (SSSR count). The molecule has 0 spiro atoms. The SMILES string of the molecule is Cc1cn(C=C2C(=O)Nc3ccc(F)cc32)c(C)c1C(N)=O. The van der Waals surface area contributed by atoms with Crippen molar-refractivity contribution in [2.24, 2.45) is 5.73 Å². The second kappa shape index (κ2) is 4.84. The number of aryl methyl sites for hydroxylation is 1. The molecular formula is C16H14FN3O2. The maximum atomic E-state index is 13.4. The van der Waals surface area contributed by atoms with Crippen LogP contribution in [0.3, 0.4) is 0 Å². The van der Waals surface area contributed by atoms with E-state index in [0.717, 1.165) is 5.56 Å². The Balaban J connectivity index is 2.15. The zero-order valence-corrected chi connectivity index (χ0v) is 12.1. The van der Waals surface area contributed by atoms with Crippen molar-refractivity contribution in [2.75, 3.05) is 5.32 Å². The van der Waals surface area contributed by atoms with Crippen molar-refractivity contribution >= 4 is 29.3 Å². The van der Waals surface area contributed by atoms with Crippen LogP contribution < -0.4 is 11.1 Å². The van der Waals surface area contributed by atoms with Gasteiger partial charge in [-0.15, -0.1) is 0 Å². The largest absolute Gasteiger partial charge is 0.366 e. The van der Waals surface area contributed by atoms with Crippen LogP contribution in [-0.4, -0.2) is 16.4 Å². The fourth-order valence-corrected chi connectivity index (χ4v) is 2.72. The van der Waals surface area contributed by atoms with E-state index in [1.165, 1.54) is 18.2 Å². The quantitative estimate of drug-likeness (QED) is 0.835. The highest BCUT2D eigenvalue weighted by molar-refractivity contribution is 6.34. The molecule has 0 saturated carbocycles.